The van der Waals surface area contributed by atoms with E-state index in [1.165, 1.54) is 6.26 Å². The van der Waals surface area contributed by atoms with E-state index in [-0.39, 0.29) is 10.6 Å². The van der Waals surface area contributed by atoms with Gasteiger partial charge in [-0.1, -0.05) is 29.3 Å². The first-order valence-electron chi connectivity index (χ1n) is 6.59. The van der Waals surface area contributed by atoms with Crippen LogP contribution in [0.5, 0.6) is 0 Å². The maximum absolute atomic E-state index is 11.6. The van der Waals surface area contributed by atoms with Gasteiger partial charge in [-0.25, -0.2) is 9.97 Å². The summed E-state index contributed by atoms with van der Waals surface area (Å²) >= 11 is 12.5. The fourth-order valence-electron chi connectivity index (χ4n) is 2.33. The van der Waals surface area contributed by atoms with Crippen molar-refractivity contribution < 1.29 is 4.21 Å². The Kier molecular flexibility index (Phi) is 4.23. The Morgan fingerprint density at radius 1 is 1.26 bits per heavy atom. The van der Waals surface area contributed by atoms with E-state index in [9.17, 15) is 4.21 Å². The van der Waals surface area contributed by atoms with Crippen molar-refractivity contribution in [2.75, 3.05) is 6.26 Å². The van der Waals surface area contributed by atoms with E-state index in [4.69, 9.17) is 28.6 Å². The van der Waals surface area contributed by atoms with Crippen molar-refractivity contribution in [3.8, 4) is 11.1 Å². The fraction of sp³-hybridized carbons (Fsp3) is 0.133. The van der Waals surface area contributed by atoms with Gasteiger partial charge >= 0.3 is 0 Å². The summed E-state index contributed by atoms with van der Waals surface area (Å²) in [6.07, 6.45) is 3.10. The predicted octanol–water partition coefficient (Wildman–Crippen LogP) is 3.16. The number of rotatable bonds is 2. The van der Waals surface area contributed by atoms with Crippen molar-refractivity contribution in [3.63, 3.8) is 0 Å². The van der Waals surface area contributed by atoms with Gasteiger partial charge in [0, 0.05) is 36.0 Å². The predicted molar refractivity (Wildman–Crippen MR) is 92.2 cm³/mol. The van der Waals surface area contributed by atoms with Gasteiger partial charge in [-0.3, -0.25) is 9.62 Å². The van der Waals surface area contributed by atoms with Crippen LogP contribution in [0, 0.1) is 5.41 Å². The third-order valence-corrected chi connectivity index (χ3v) is 4.81. The molecule has 3 aromatic rings. The van der Waals surface area contributed by atoms with Gasteiger partial charge in [0.1, 0.15) is 11.1 Å². The number of aromatic nitrogens is 3. The molecule has 0 saturated carbocycles. The van der Waals surface area contributed by atoms with E-state index < -0.39 is 10.8 Å². The molecule has 118 valence electrons. The molecule has 0 fully saturated rings. The van der Waals surface area contributed by atoms with Crippen LogP contribution >= 0.6 is 23.2 Å². The highest BCUT2D eigenvalue weighted by atomic mass is 35.5. The molecule has 8 heteroatoms. The lowest BCUT2D eigenvalue weighted by Crippen LogP contribution is -2.20. The number of nitrogens with zero attached hydrogens (tertiary/aromatic N) is 3. The van der Waals surface area contributed by atoms with E-state index in [2.05, 4.69) is 9.97 Å². The van der Waals surface area contributed by atoms with Gasteiger partial charge in [0.05, 0.1) is 20.8 Å². The Morgan fingerprint density at radius 2 is 1.91 bits per heavy atom. The second-order valence-corrected chi connectivity index (χ2v) is 7.04. The molecule has 3 rings (SSSR count). The van der Waals surface area contributed by atoms with Gasteiger partial charge in [-0.05, 0) is 18.2 Å². The summed E-state index contributed by atoms with van der Waals surface area (Å²) in [5.74, 6) is 0. The zero-order chi connectivity index (χ0) is 16.7. The maximum atomic E-state index is 11.6. The molecule has 0 spiro atoms. The Morgan fingerprint density at radius 3 is 2.52 bits per heavy atom. The Labute approximate surface area is 144 Å². The second-order valence-electron chi connectivity index (χ2n) is 4.95. The lowest BCUT2D eigenvalue weighted by Gasteiger charge is -2.12. The summed E-state index contributed by atoms with van der Waals surface area (Å²) in [5.41, 5.74) is 1.92. The molecule has 1 N–H and O–H groups in total. The fourth-order valence-corrected chi connectivity index (χ4v) is 3.35. The number of hydrogen-bond acceptors (Lipinski definition) is 4. The first-order valence-corrected chi connectivity index (χ1v) is 8.90. The monoisotopic (exact) mass is 366 g/mol. The van der Waals surface area contributed by atoms with Crippen LogP contribution in [0.2, 0.25) is 10.0 Å². The topological polar surface area (TPSA) is 71.6 Å². The minimum Gasteiger partial charge on any atom is -0.313 e. The largest absolute Gasteiger partial charge is 0.313 e. The number of nitrogens with one attached hydrogen (secondary N) is 1. The summed E-state index contributed by atoms with van der Waals surface area (Å²) < 4.78 is 13.2. The second kappa shape index (κ2) is 6.03. The number of benzene rings is 1. The van der Waals surface area contributed by atoms with Gasteiger partial charge in [-0.15, -0.1) is 0 Å². The molecule has 2 aromatic heterocycles. The molecule has 0 saturated heterocycles. The molecule has 1 unspecified atom stereocenters. The Hall–Kier alpha value is -1.76. The molecule has 0 aliphatic carbocycles. The van der Waals surface area contributed by atoms with E-state index >= 15 is 0 Å². The van der Waals surface area contributed by atoms with Gasteiger partial charge in [0.15, 0.2) is 0 Å². The van der Waals surface area contributed by atoms with Crippen LogP contribution in [0.4, 0.5) is 0 Å². The highest BCUT2D eigenvalue weighted by molar-refractivity contribution is 7.84. The van der Waals surface area contributed by atoms with Gasteiger partial charge in [0.25, 0.3) is 0 Å². The molecule has 0 amide bonds. The lowest BCUT2D eigenvalue weighted by molar-refractivity contribution is 0.679. The molecule has 0 bridgehead atoms. The van der Waals surface area contributed by atoms with Gasteiger partial charge < -0.3 is 4.57 Å². The van der Waals surface area contributed by atoms with E-state index in [0.29, 0.717) is 32.2 Å². The van der Waals surface area contributed by atoms with Crippen LogP contribution in [0.15, 0.2) is 35.6 Å². The molecule has 23 heavy (non-hydrogen) atoms. The van der Waals surface area contributed by atoms with Crippen LogP contribution in [0.1, 0.15) is 0 Å². The molecular formula is C15H12Cl2N4OS. The van der Waals surface area contributed by atoms with Crippen molar-refractivity contribution in [3.05, 3.63) is 46.0 Å². The van der Waals surface area contributed by atoms with Crippen LogP contribution < -0.4 is 5.49 Å². The third-order valence-electron chi connectivity index (χ3n) is 3.47. The van der Waals surface area contributed by atoms with E-state index in [1.54, 1.807) is 42.1 Å². The zero-order valence-electron chi connectivity index (χ0n) is 12.3. The van der Waals surface area contributed by atoms with Gasteiger partial charge in [-0.2, -0.15) is 0 Å². The number of pyridine rings is 1. The van der Waals surface area contributed by atoms with E-state index in [0.717, 1.165) is 0 Å². The highest BCUT2D eigenvalue weighted by Crippen LogP contribution is 2.33. The van der Waals surface area contributed by atoms with Crippen LogP contribution in [0.25, 0.3) is 22.2 Å². The summed E-state index contributed by atoms with van der Waals surface area (Å²) in [7, 11) is 0.429. The normalized spacial score (nSPS) is 12.5. The molecule has 0 aliphatic heterocycles. The maximum Gasteiger partial charge on any atom is 0.220 e. The minimum atomic E-state index is -1.29. The average Bonchev–Trinajstić information content (AvgIpc) is 2.51. The lowest BCUT2D eigenvalue weighted by atomic mass is 10.1. The first-order chi connectivity index (χ1) is 10.9. The molecule has 5 nitrogen and oxygen atoms in total. The van der Waals surface area contributed by atoms with Crippen LogP contribution in [0.3, 0.4) is 0 Å². The third kappa shape index (κ3) is 2.78. The zero-order valence-corrected chi connectivity index (χ0v) is 14.6. The highest BCUT2D eigenvalue weighted by Gasteiger charge is 2.14. The SMILES string of the molecule is Cn1c(=N)c(-c2c(Cl)cccc2Cl)cc2cnc(S(C)=O)nc21. The molecule has 1 atom stereocenters. The number of halogens is 2. The quantitative estimate of drug-likeness (QED) is 0.708. The average molecular weight is 367 g/mol. The van der Waals surface area contributed by atoms with Crippen molar-refractivity contribution in [1.29, 1.82) is 5.41 Å². The summed E-state index contributed by atoms with van der Waals surface area (Å²) in [6, 6.07) is 6.98. The standard InChI is InChI=1S/C15H12Cl2N4OS/c1-21-13(18)9(12-10(16)4-3-5-11(12)17)6-8-7-19-15(23(2)22)20-14(8)21/h3-7,18H,1-2H3. The minimum absolute atomic E-state index is 0.207. The first kappa shape index (κ1) is 16.1. The van der Waals surface area contributed by atoms with E-state index in [1.807, 2.05) is 0 Å². The summed E-state index contributed by atoms with van der Waals surface area (Å²) in [6.45, 7) is 0. The number of hydrogen-bond donors (Lipinski definition) is 1. The van der Waals surface area contributed by atoms with Crippen molar-refractivity contribution in [1.82, 2.24) is 14.5 Å². The Balaban J connectivity index is 2.37. The summed E-state index contributed by atoms with van der Waals surface area (Å²) in [4.78, 5) is 8.39. The Bertz CT molecular complexity index is 996. The van der Waals surface area contributed by atoms with Crippen molar-refractivity contribution in [2.24, 2.45) is 7.05 Å². The summed E-state index contributed by atoms with van der Waals surface area (Å²) in [5, 5.41) is 10.3. The van der Waals surface area contributed by atoms with Crippen molar-refractivity contribution >= 4 is 45.0 Å². The molecule has 2 heterocycles. The molecule has 0 radical (unpaired) electrons. The van der Waals surface area contributed by atoms with Crippen LogP contribution in [-0.2, 0) is 17.8 Å². The number of fused-ring (bicyclic) bond motifs is 1. The van der Waals surface area contributed by atoms with Gasteiger partial charge in [0.2, 0.25) is 5.16 Å². The number of aryl methyl sites for hydroxylation is 1. The van der Waals surface area contributed by atoms with Crippen molar-refractivity contribution in [2.45, 2.75) is 5.16 Å². The molecular weight excluding hydrogens is 355 g/mol. The van der Waals surface area contributed by atoms with Crippen LogP contribution in [-0.4, -0.2) is 25.0 Å². The smallest absolute Gasteiger partial charge is 0.220 e. The molecule has 1 aromatic carbocycles. The molecule has 0 aliphatic rings.